The van der Waals surface area contributed by atoms with Gasteiger partial charge in [0.25, 0.3) is 0 Å². The third-order valence-electron chi connectivity index (χ3n) is 3.97. The van der Waals surface area contributed by atoms with E-state index in [1.807, 2.05) is 0 Å². The lowest BCUT2D eigenvalue weighted by Crippen LogP contribution is -2.11. The number of carbonyl (C=O) groups excluding carboxylic acids is 1. The molecule has 0 N–H and O–H groups in total. The summed E-state index contributed by atoms with van der Waals surface area (Å²) >= 11 is 6.21. The van der Waals surface area contributed by atoms with Crippen LogP contribution < -0.4 is 9.47 Å². The van der Waals surface area contributed by atoms with Crippen molar-refractivity contribution < 1.29 is 23.7 Å². The third kappa shape index (κ3) is 4.44. The maximum absolute atomic E-state index is 12.8. The highest BCUT2D eigenvalue weighted by atomic mass is 35.5. The molecule has 0 fully saturated rings. The van der Waals surface area contributed by atoms with Gasteiger partial charge in [-0.1, -0.05) is 41.0 Å². The van der Waals surface area contributed by atoms with Crippen molar-refractivity contribution >= 4 is 23.6 Å². The number of carbonyl (C=O) groups is 1. The Morgan fingerprint density at radius 2 is 2.00 bits per heavy atom. The first-order chi connectivity index (χ1) is 13.9. The summed E-state index contributed by atoms with van der Waals surface area (Å²) < 4.78 is 15.9. The first-order valence-corrected chi connectivity index (χ1v) is 8.71. The highest BCUT2D eigenvalue weighted by molar-refractivity contribution is 6.33. The summed E-state index contributed by atoms with van der Waals surface area (Å²) in [5.74, 6) is -0.0568. The van der Waals surface area contributed by atoms with Crippen LogP contribution in [-0.4, -0.2) is 23.2 Å². The van der Waals surface area contributed by atoms with E-state index in [1.54, 1.807) is 37.3 Å². The third-order valence-corrected chi connectivity index (χ3v) is 4.30. The molecule has 0 radical (unpaired) electrons. The van der Waals surface area contributed by atoms with Crippen LogP contribution in [0.25, 0.3) is 17.3 Å². The van der Waals surface area contributed by atoms with Gasteiger partial charge in [-0.3, -0.25) is 10.1 Å². The molecule has 1 aromatic heterocycles. The number of halogens is 1. The predicted molar refractivity (Wildman–Crippen MR) is 106 cm³/mol. The van der Waals surface area contributed by atoms with E-state index in [9.17, 15) is 14.9 Å². The summed E-state index contributed by atoms with van der Waals surface area (Å²) in [6.07, 6.45) is 2.10. The predicted octanol–water partition coefficient (Wildman–Crippen LogP) is 4.78. The van der Waals surface area contributed by atoms with Crippen molar-refractivity contribution in [2.24, 2.45) is 0 Å². The van der Waals surface area contributed by atoms with E-state index in [-0.39, 0.29) is 28.5 Å². The number of benzene rings is 2. The second kappa shape index (κ2) is 8.57. The monoisotopic (exact) mass is 414 g/mol. The van der Waals surface area contributed by atoms with Gasteiger partial charge in [-0.2, -0.15) is 0 Å². The van der Waals surface area contributed by atoms with Crippen molar-refractivity contribution in [2.75, 3.05) is 7.11 Å². The van der Waals surface area contributed by atoms with Crippen molar-refractivity contribution in [1.29, 1.82) is 0 Å². The number of rotatable bonds is 6. The minimum atomic E-state index is -0.703. The van der Waals surface area contributed by atoms with Crippen molar-refractivity contribution in [2.45, 2.75) is 6.92 Å². The number of esters is 1. The van der Waals surface area contributed by atoms with E-state index >= 15 is 0 Å². The van der Waals surface area contributed by atoms with E-state index in [4.69, 9.17) is 25.6 Å². The van der Waals surface area contributed by atoms with Gasteiger partial charge >= 0.3 is 5.97 Å². The molecule has 29 heavy (non-hydrogen) atoms. The number of ether oxygens (including phenoxy) is 2. The SMILES string of the molecule is COc1cc(/C=C/[N+](=O)[O-])ccc1OC(=O)c1c(-c2ccccc2Cl)noc1C. The molecule has 0 atom stereocenters. The number of aromatic nitrogens is 1. The van der Waals surface area contributed by atoms with Gasteiger partial charge in [-0.15, -0.1) is 0 Å². The molecule has 148 valence electrons. The van der Waals surface area contributed by atoms with Gasteiger partial charge in [-0.05, 0) is 30.7 Å². The molecule has 3 aromatic rings. The number of methoxy groups -OCH3 is 1. The van der Waals surface area contributed by atoms with Crippen LogP contribution in [0.3, 0.4) is 0 Å². The van der Waals surface area contributed by atoms with Gasteiger partial charge in [-0.25, -0.2) is 4.79 Å². The number of hydrogen-bond acceptors (Lipinski definition) is 7. The lowest BCUT2D eigenvalue weighted by atomic mass is 10.1. The van der Waals surface area contributed by atoms with Gasteiger partial charge in [0.05, 0.1) is 17.1 Å². The van der Waals surface area contributed by atoms with Crippen molar-refractivity contribution in [1.82, 2.24) is 5.16 Å². The molecule has 0 saturated carbocycles. The summed E-state index contributed by atoms with van der Waals surface area (Å²) in [6.45, 7) is 1.59. The Kier molecular flexibility index (Phi) is 5.94. The summed E-state index contributed by atoms with van der Waals surface area (Å²) in [6, 6.07) is 11.5. The van der Waals surface area contributed by atoms with Crippen molar-refractivity contribution in [3.63, 3.8) is 0 Å². The maximum atomic E-state index is 12.8. The second-order valence-electron chi connectivity index (χ2n) is 5.84. The Labute approximate surface area is 170 Å². The summed E-state index contributed by atoms with van der Waals surface area (Å²) in [5, 5.41) is 14.8. The van der Waals surface area contributed by atoms with Crippen molar-refractivity contribution in [3.05, 3.63) is 80.7 Å². The molecule has 0 unspecified atom stereocenters. The quantitative estimate of drug-likeness (QED) is 0.247. The minimum absolute atomic E-state index is 0.137. The van der Waals surface area contributed by atoms with Crippen LogP contribution in [0.1, 0.15) is 21.7 Å². The molecule has 0 aliphatic rings. The van der Waals surface area contributed by atoms with E-state index in [0.29, 0.717) is 16.1 Å². The Balaban J connectivity index is 1.93. The standard InChI is InChI=1S/C20H15ClN2O6/c1-12-18(19(22-29-12)14-5-3-4-6-15(14)21)20(24)28-16-8-7-13(9-10-23(25)26)11-17(16)27-2/h3-11H,1-2H3/b10-9+. The molecule has 0 bridgehead atoms. The Morgan fingerprint density at radius 1 is 1.24 bits per heavy atom. The fourth-order valence-corrected chi connectivity index (χ4v) is 2.84. The first kappa shape index (κ1) is 20.1. The number of hydrogen-bond donors (Lipinski definition) is 0. The fourth-order valence-electron chi connectivity index (χ4n) is 2.62. The molecule has 8 nitrogen and oxygen atoms in total. The van der Waals surface area contributed by atoms with Gasteiger partial charge in [0.15, 0.2) is 11.5 Å². The van der Waals surface area contributed by atoms with Crippen LogP contribution >= 0.6 is 11.6 Å². The average Bonchev–Trinajstić information content (AvgIpc) is 3.08. The smallest absolute Gasteiger partial charge is 0.349 e. The molecular formula is C20H15ClN2O6. The topological polar surface area (TPSA) is 105 Å². The van der Waals surface area contributed by atoms with Crippen LogP contribution in [0.2, 0.25) is 5.02 Å². The normalized spacial score (nSPS) is 10.9. The largest absolute Gasteiger partial charge is 0.493 e. The molecule has 0 aliphatic carbocycles. The lowest BCUT2D eigenvalue weighted by Gasteiger charge is -2.10. The van der Waals surface area contributed by atoms with E-state index in [1.165, 1.54) is 25.3 Å². The Bertz CT molecular complexity index is 1110. The molecule has 0 aliphatic heterocycles. The zero-order valence-corrected chi connectivity index (χ0v) is 16.2. The van der Waals surface area contributed by atoms with Gasteiger partial charge in [0, 0.05) is 11.6 Å². The van der Waals surface area contributed by atoms with Crippen LogP contribution in [-0.2, 0) is 0 Å². The highest BCUT2D eigenvalue weighted by Gasteiger charge is 2.25. The molecule has 9 heteroatoms. The number of nitro groups is 1. The molecule has 3 rings (SSSR count). The maximum Gasteiger partial charge on any atom is 0.349 e. The molecule has 0 spiro atoms. The van der Waals surface area contributed by atoms with Crippen LogP contribution in [0.4, 0.5) is 0 Å². The van der Waals surface area contributed by atoms with Gasteiger partial charge in [0.1, 0.15) is 17.0 Å². The number of nitrogens with zero attached hydrogens (tertiary/aromatic N) is 2. The minimum Gasteiger partial charge on any atom is -0.493 e. The van der Waals surface area contributed by atoms with Crippen LogP contribution in [0.5, 0.6) is 11.5 Å². The summed E-state index contributed by atoms with van der Waals surface area (Å²) in [4.78, 5) is 22.7. The molecule has 0 saturated heterocycles. The van der Waals surface area contributed by atoms with Crippen molar-refractivity contribution in [3.8, 4) is 22.8 Å². The highest BCUT2D eigenvalue weighted by Crippen LogP contribution is 2.34. The van der Waals surface area contributed by atoms with E-state index in [0.717, 1.165) is 6.20 Å². The first-order valence-electron chi connectivity index (χ1n) is 8.33. The zero-order chi connectivity index (χ0) is 21.0. The zero-order valence-electron chi connectivity index (χ0n) is 15.4. The lowest BCUT2D eigenvalue weighted by molar-refractivity contribution is -0.400. The number of aryl methyl sites for hydroxylation is 1. The van der Waals surface area contributed by atoms with Crippen LogP contribution in [0.15, 0.2) is 53.2 Å². The van der Waals surface area contributed by atoms with E-state index in [2.05, 4.69) is 5.16 Å². The summed E-state index contributed by atoms with van der Waals surface area (Å²) in [7, 11) is 1.40. The molecular weight excluding hydrogens is 400 g/mol. The Hall–Kier alpha value is -3.65. The second-order valence-corrected chi connectivity index (χ2v) is 6.25. The van der Waals surface area contributed by atoms with Crippen LogP contribution in [0, 0.1) is 17.0 Å². The van der Waals surface area contributed by atoms with Gasteiger partial charge < -0.3 is 14.0 Å². The molecule has 0 amide bonds. The van der Waals surface area contributed by atoms with Gasteiger partial charge in [0.2, 0.25) is 6.20 Å². The molecule has 2 aromatic carbocycles. The summed E-state index contributed by atoms with van der Waals surface area (Å²) in [5.41, 5.74) is 1.45. The Morgan fingerprint density at radius 3 is 2.69 bits per heavy atom. The fraction of sp³-hybridized carbons (Fsp3) is 0.100. The average molecular weight is 415 g/mol. The van der Waals surface area contributed by atoms with E-state index < -0.39 is 10.9 Å². The molecule has 1 heterocycles.